The van der Waals surface area contributed by atoms with Gasteiger partial charge in [-0.3, -0.25) is 4.79 Å². The molecule has 2 fully saturated rings. The van der Waals surface area contributed by atoms with Crippen molar-refractivity contribution in [2.75, 3.05) is 24.7 Å². The Labute approximate surface area is 95.7 Å². The summed E-state index contributed by atoms with van der Waals surface area (Å²) < 4.78 is 28.4. The first kappa shape index (κ1) is 11.9. The molecular formula is C10H17NO4S. The van der Waals surface area contributed by atoms with Crippen LogP contribution in [-0.2, 0) is 19.4 Å². The Kier molecular flexibility index (Phi) is 3.21. The Morgan fingerprint density at radius 3 is 2.88 bits per heavy atom. The fourth-order valence-electron chi connectivity index (χ4n) is 2.38. The van der Waals surface area contributed by atoms with Gasteiger partial charge in [0, 0.05) is 13.0 Å². The molecule has 0 N–H and O–H groups in total. The predicted octanol–water partition coefficient (Wildman–Crippen LogP) is -0.189. The average Bonchev–Trinajstić information content (AvgIpc) is 2.51. The first-order chi connectivity index (χ1) is 7.53. The summed E-state index contributed by atoms with van der Waals surface area (Å²) in [5, 5.41) is 0. The minimum Gasteiger partial charge on any atom is -0.373 e. The van der Waals surface area contributed by atoms with E-state index in [1.807, 2.05) is 6.92 Å². The first-order valence-corrected chi connectivity index (χ1v) is 7.47. The van der Waals surface area contributed by atoms with E-state index in [-0.39, 0.29) is 29.6 Å². The van der Waals surface area contributed by atoms with Crippen molar-refractivity contribution in [1.82, 2.24) is 4.90 Å². The lowest BCUT2D eigenvalue weighted by atomic mass is 10.1. The van der Waals surface area contributed by atoms with Crippen LogP contribution in [0.1, 0.15) is 19.8 Å². The highest BCUT2D eigenvalue weighted by molar-refractivity contribution is 7.91. The average molecular weight is 247 g/mol. The number of fused-ring (bicyclic) bond motifs is 1. The van der Waals surface area contributed by atoms with E-state index < -0.39 is 9.84 Å². The number of morpholine rings is 1. The van der Waals surface area contributed by atoms with Crippen LogP contribution in [0.2, 0.25) is 0 Å². The summed E-state index contributed by atoms with van der Waals surface area (Å²) in [7, 11) is -3.03. The second-order valence-corrected chi connectivity index (χ2v) is 6.54. The molecule has 6 heteroatoms. The quantitative estimate of drug-likeness (QED) is 0.678. The van der Waals surface area contributed by atoms with Crippen LogP contribution in [0.4, 0.5) is 0 Å². The molecule has 2 aliphatic rings. The van der Waals surface area contributed by atoms with E-state index in [1.165, 1.54) is 0 Å². The van der Waals surface area contributed by atoms with Crippen LogP contribution in [-0.4, -0.2) is 56.0 Å². The zero-order valence-corrected chi connectivity index (χ0v) is 10.2. The monoisotopic (exact) mass is 247 g/mol. The van der Waals surface area contributed by atoms with Crippen LogP contribution < -0.4 is 0 Å². The third-order valence-electron chi connectivity index (χ3n) is 3.12. The molecule has 0 saturated carbocycles. The molecule has 0 radical (unpaired) electrons. The van der Waals surface area contributed by atoms with Crippen LogP contribution in [0.5, 0.6) is 0 Å². The first-order valence-electron chi connectivity index (χ1n) is 5.65. The van der Waals surface area contributed by atoms with Crippen LogP contribution >= 0.6 is 0 Å². The second-order valence-electron chi connectivity index (χ2n) is 4.39. The summed E-state index contributed by atoms with van der Waals surface area (Å²) in [6.45, 7) is 2.92. The molecule has 2 rings (SSSR count). The Balaban J connectivity index is 2.13. The van der Waals surface area contributed by atoms with Crippen LogP contribution in [0, 0.1) is 0 Å². The molecule has 0 aromatic rings. The zero-order valence-electron chi connectivity index (χ0n) is 9.39. The number of hydrogen-bond donors (Lipinski definition) is 0. The van der Waals surface area contributed by atoms with Gasteiger partial charge in [-0.2, -0.15) is 0 Å². The van der Waals surface area contributed by atoms with Gasteiger partial charge in [0.15, 0.2) is 9.84 Å². The standard InChI is InChI=1S/C10H17NO4S/c1-2-3-10(12)11-4-5-15-9-7-16(13,14)6-8(9)11/h8-9H,2-7H2,1H3. The Hall–Kier alpha value is -0.620. The number of sulfone groups is 1. The van der Waals surface area contributed by atoms with Crippen molar-refractivity contribution in [1.29, 1.82) is 0 Å². The van der Waals surface area contributed by atoms with Gasteiger partial charge in [-0.25, -0.2) is 8.42 Å². The van der Waals surface area contributed by atoms with Crippen molar-refractivity contribution in [3.63, 3.8) is 0 Å². The highest BCUT2D eigenvalue weighted by atomic mass is 32.2. The van der Waals surface area contributed by atoms with Gasteiger partial charge in [0.1, 0.15) is 0 Å². The smallest absolute Gasteiger partial charge is 0.223 e. The van der Waals surface area contributed by atoms with Gasteiger partial charge in [-0.05, 0) is 6.42 Å². The molecule has 2 heterocycles. The van der Waals surface area contributed by atoms with Crippen LogP contribution in [0.25, 0.3) is 0 Å². The fourth-order valence-corrected chi connectivity index (χ4v) is 4.25. The molecular weight excluding hydrogens is 230 g/mol. The third-order valence-corrected chi connectivity index (χ3v) is 4.81. The molecule has 0 aromatic carbocycles. The van der Waals surface area contributed by atoms with E-state index in [2.05, 4.69) is 0 Å². The summed E-state index contributed by atoms with van der Waals surface area (Å²) in [5.41, 5.74) is 0. The molecule has 2 aliphatic heterocycles. The van der Waals surface area contributed by atoms with E-state index in [4.69, 9.17) is 4.74 Å². The van der Waals surface area contributed by atoms with E-state index in [0.717, 1.165) is 6.42 Å². The summed E-state index contributed by atoms with van der Waals surface area (Å²) in [6, 6.07) is -0.252. The highest BCUT2D eigenvalue weighted by Gasteiger charge is 2.45. The molecule has 0 bridgehead atoms. The Morgan fingerprint density at radius 1 is 1.44 bits per heavy atom. The largest absolute Gasteiger partial charge is 0.373 e. The van der Waals surface area contributed by atoms with Gasteiger partial charge in [-0.1, -0.05) is 6.92 Å². The summed E-state index contributed by atoms with van der Waals surface area (Å²) in [6.07, 6.45) is 0.975. The molecule has 0 spiro atoms. The highest BCUT2D eigenvalue weighted by Crippen LogP contribution is 2.25. The molecule has 2 atom stereocenters. The number of ether oxygens (including phenoxy) is 1. The maximum Gasteiger partial charge on any atom is 0.223 e. The van der Waals surface area contributed by atoms with Crippen molar-refractivity contribution in [3.05, 3.63) is 0 Å². The summed E-state index contributed by atoms with van der Waals surface area (Å²) >= 11 is 0. The van der Waals surface area contributed by atoms with Crippen molar-refractivity contribution >= 4 is 15.7 Å². The van der Waals surface area contributed by atoms with E-state index >= 15 is 0 Å². The lowest BCUT2D eigenvalue weighted by Gasteiger charge is -2.36. The predicted molar refractivity (Wildman–Crippen MR) is 58.8 cm³/mol. The number of carbonyl (C=O) groups excluding carboxylic acids is 1. The molecule has 5 nitrogen and oxygen atoms in total. The minimum atomic E-state index is -3.03. The van der Waals surface area contributed by atoms with E-state index in [9.17, 15) is 13.2 Å². The number of nitrogens with zero attached hydrogens (tertiary/aromatic N) is 1. The number of carbonyl (C=O) groups is 1. The maximum atomic E-state index is 11.8. The maximum absolute atomic E-state index is 11.8. The molecule has 0 aromatic heterocycles. The fraction of sp³-hybridized carbons (Fsp3) is 0.900. The summed E-state index contributed by atoms with van der Waals surface area (Å²) in [5.74, 6) is 0.179. The molecule has 16 heavy (non-hydrogen) atoms. The topological polar surface area (TPSA) is 63.7 Å². The minimum absolute atomic E-state index is 0.0536. The van der Waals surface area contributed by atoms with Gasteiger partial charge >= 0.3 is 0 Å². The van der Waals surface area contributed by atoms with Gasteiger partial charge in [0.2, 0.25) is 5.91 Å². The molecule has 92 valence electrons. The number of amides is 1. The van der Waals surface area contributed by atoms with Crippen LogP contribution in [0.3, 0.4) is 0 Å². The molecule has 0 aliphatic carbocycles. The SMILES string of the molecule is CCCC(=O)N1CCOC2CS(=O)(=O)CC21. The van der Waals surface area contributed by atoms with Gasteiger partial charge in [0.25, 0.3) is 0 Å². The zero-order chi connectivity index (χ0) is 11.8. The Morgan fingerprint density at radius 2 is 2.19 bits per heavy atom. The van der Waals surface area contributed by atoms with Crippen LogP contribution in [0.15, 0.2) is 0 Å². The van der Waals surface area contributed by atoms with E-state index in [0.29, 0.717) is 19.6 Å². The van der Waals surface area contributed by atoms with Crippen molar-refractivity contribution in [3.8, 4) is 0 Å². The summed E-state index contributed by atoms with van der Waals surface area (Å²) in [4.78, 5) is 13.5. The lowest BCUT2D eigenvalue weighted by Crippen LogP contribution is -2.53. The van der Waals surface area contributed by atoms with Gasteiger partial charge in [0.05, 0.1) is 30.3 Å². The van der Waals surface area contributed by atoms with Crippen molar-refractivity contribution in [2.24, 2.45) is 0 Å². The van der Waals surface area contributed by atoms with Crippen molar-refractivity contribution < 1.29 is 17.9 Å². The number of hydrogen-bond acceptors (Lipinski definition) is 4. The molecule has 1 amide bonds. The molecule has 2 saturated heterocycles. The van der Waals surface area contributed by atoms with E-state index in [1.54, 1.807) is 4.90 Å². The van der Waals surface area contributed by atoms with Crippen molar-refractivity contribution in [2.45, 2.75) is 31.9 Å². The Bertz CT molecular complexity index is 378. The van der Waals surface area contributed by atoms with Gasteiger partial charge in [-0.15, -0.1) is 0 Å². The molecule has 2 unspecified atom stereocenters. The number of rotatable bonds is 2. The second kappa shape index (κ2) is 4.33. The van der Waals surface area contributed by atoms with Gasteiger partial charge < -0.3 is 9.64 Å². The lowest BCUT2D eigenvalue weighted by molar-refractivity contribution is -0.142. The third kappa shape index (κ3) is 2.22. The normalized spacial score (nSPS) is 32.4.